The molecule has 1 aliphatic heterocycles. The van der Waals surface area contributed by atoms with Gasteiger partial charge in [0.25, 0.3) is 0 Å². The SMILES string of the molecule is O=Cc1ccc(N2CCCCS2(=O)=O)cc1. The molecule has 0 bridgehead atoms. The zero-order valence-corrected chi connectivity index (χ0v) is 9.61. The number of hydrogen-bond donors (Lipinski definition) is 0. The van der Waals surface area contributed by atoms with Crippen LogP contribution in [0.3, 0.4) is 0 Å². The Balaban J connectivity index is 2.32. The molecule has 1 saturated heterocycles. The highest BCUT2D eigenvalue weighted by Gasteiger charge is 2.25. The summed E-state index contributed by atoms with van der Waals surface area (Å²) >= 11 is 0. The highest BCUT2D eigenvalue weighted by molar-refractivity contribution is 7.92. The van der Waals surface area contributed by atoms with Crippen LogP contribution >= 0.6 is 0 Å². The first-order valence-corrected chi connectivity index (χ1v) is 6.80. The van der Waals surface area contributed by atoms with E-state index in [2.05, 4.69) is 0 Å². The molecule has 0 atom stereocenters. The van der Waals surface area contributed by atoms with Gasteiger partial charge in [-0.1, -0.05) is 0 Å². The highest BCUT2D eigenvalue weighted by Crippen LogP contribution is 2.23. The molecule has 1 fully saturated rings. The Morgan fingerprint density at radius 1 is 1.12 bits per heavy atom. The Morgan fingerprint density at radius 2 is 1.81 bits per heavy atom. The zero-order valence-electron chi connectivity index (χ0n) is 8.80. The summed E-state index contributed by atoms with van der Waals surface area (Å²) in [5.41, 5.74) is 1.20. The van der Waals surface area contributed by atoms with E-state index in [0.717, 1.165) is 19.1 Å². The number of nitrogens with zero attached hydrogens (tertiary/aromatic N) is 1. The molecular formula is C11H13NO3S. The number of carbonyl (C=O) groups excluding carboxylic acids is 1. The van der Waals surface area contributed by atoms with Gasteiger partial charge in [-0.15, -0.1) is 0 Å². The van der Waals surface area contributed by atoms with Gasteiger partial charge >= 0.3 is 0 Å². The Hall–Kier alpha value is -1.36. The number of aldehydes is 1. The van der Waals surface area contributed by atoms with E-state index in [9.17, 15) is 13.2 Å². The number of anilines is 1. The normalized spacial score (nSPS) is 19.4. The van der Waals surface area contributed by atoms with Crippen molar-refractivity contribution in [2.45, 2.75) is 12.8 Å². The molecule has 1 aliphatic rings. The summed E-state index contributed by atoms with van der Waals surface area (Å²) in [6.07, 6.45) is 2.36. The Kier molecular flexibility index (Phi) is 2.96. The second-order valence-corrected chi connectivity index (χ2v) is 5.82. The lowest BCUT2D eigenvalue weighted by atomic mass is 10.2. The van der Waals surface area contributed by atoms with Crippen molar-refractivity contribution in [3.63, 3.8) is 0 Å². The van der Waals surface area contributed by atoms with Gasteiger partial charge in [0.1, 0.15) is 6.29 Å². The average Bonchev–Trinajstić information content (AvgIpc) is 2.29. The molecule has 4 nitrogen and oxygen atoms in total. The van der Waals surface area contributed by atoms with E-state index >= 15 is 0 Å². The average molecular weight is 239 g/mol. The first kappa shape index (κ1) is 11.1. The molecule has 0 aliphatic carbocycles. The molecule has 0 amide bonds. The van der Waals surface area contributed by atoms with E-state index in [1.807, 2.05) is 0 Å². The van der Waals surface area contributed by atoms with Crippen molar-refractivity contribution < 1.29 is 13.2 Å². The first-order chi connectivity index (χ1) is 7.63. The van der Waals surface area contributed by atoms with E-state index in [0.29, 0.717) is 17.8 Å². The van der Waals surface area contributed by atoms with Crippen molar-refractivity contribution in [3.05, 3.63) is 29.8 Å². The Morgan fingerprint density at radius 3 is 2.38 bits per heavy atom. The van der Waals surface area contributed by atoms with Gasteiger partial charge in [-0.2, -0.15) is 0 Å². The minimum absolute atomic E-state index is 0.211. The topological polar surface area (TPSA) is 54.5 Å². The smallest absolute Gasteiger partial charge is 0.235 e. The number of carbonyl (C=O) groups is 1. The fraction of sp³-hybridized carbons (Fsp3) is 0.364. The maximum Gasteiger partial charge on any atom is 0.235 e. The summed E-state index contributed by atoms with van der Waals surface area (Å²) in [7, 11) is -3.15. The highest BCUT2D eigenvalue weighted by atomic mass is 32.2. The molecule has 16 heavy (non-hydrogen) atoms. The van der Waals surface area contributed by atoms with Crippen LogP contribution in [0.2, 0.25) is 0 Å². The second-order valence-electron chi connectivity index (χ2n) is 3.80. The van der Waals surface area contributed by atoms with Crippen molar-refractivity contribution in [1.29, 1.82) is 0 Å². The first-order valence-electron chi connectivity index (χ1n) is 5.19. The molecule has 2 rings (SSSR count). The van der Waals surface area contributed by atoms with Crippen LogP contribution in [0.15, 0.2) is 24.3 Å². The van der Waals surface area contributed by atoms with Crippen LogP contribution in [0.25, 0.3) is 0 Å². The molecule has 0 N–H and O–H groups in total. The monoisotopic (exact) mass is 239 g/mol. The molecule has 5 heteroatoms. The van der Waals surface area contributed by atoms with Crippen LogP contribution in [-0.2, 0) is 10.0 Å². The molecule has 0 saturated carbocycles. The quantitative estimate of drug-likeness (QED) is 0.734. The van der Waals surface area contributed by atoms with Crippen LogP contribution in [-0.4, -0.2) is 27.0 Å². The van der Waals surface area contributed by atoms with E-state index in [4.69, 9.17) is 0 Å². The summed E-state index contributed by atoms with van der Waals surface area (Å²) in [5.74, 6) is 0.211. The lowest BCUT2D eigenvalue weighted by Crippen LogP contribution is -2.37. The summed E-state index contributed by atoms with van der Waals surface area (Å²) < 4.78 is 25.0. The summed E-state index contributed by atoms with van der Waals surface area (Å²) in [6, 6.07) is 6.61. The third-order valence-electron chi connectivity index (χ3n) is 2.67. The van der Waals surface area contributed by atoms with Crippen molar-refractivity contribution in [1.82, 2.24) is 0 Å². The summed E-state index contributed by atoms with van der Waals surface area (Å²) in [4.78, 5) is 10.5. The largest absolute Gasteiger partial charge is 0.298 e. The minimum Gasteiger partial charge on any atom is -0.298 e. The fourth-order valence-corrected chi connectivity index (χ4v) is 3.44. The predicted molar refractivity (Wildman–Crippen MR) is 62.2 cm³/mol. The lowest BCUT2D eigenvalue weighted by Gasteiger charge is -2.28. The van der Waals surface area contributed by atoms with Crippen LogP contribution in [0, 0.1) is 0 Å². The Bertz CT molecular complexity index is 478. The van der Waals surface area contributed by atoms with Crippen molar-refractivity contribution in [2.24, 2.45) is 0 Å². The van der Waals surface area contributed by atoms with Gasteiger partial charge < -0.3 is 0 Å². The van der Waals surface area contributed by atoms with Crippen LogP contribution in [0.5, 0.6) is 0 Å². The van der Waals surface area contributed by atoms with Gasteiger partial charge in [-0.05, 0) is 37.1 Å². The fourth-order valence-electron chi connectivity index (χ4n) is 1.80. The van der Waals surface area contributed by atoms with Gasteiger partial charge in [0, 0.05) is 12.1 Å². The molecule has 0 unspecified atom stereocenters. The van der Waals surface area contributed by atoms with Gasteiger partial charge in [-0.3, -0.25) is 9.10 Å². The van der Waals surface area contributed by atoms with E-state index in [-0.39, 0.29) is 5.75 Å². The van der Waals surface area contributed by atoms with E-state index in [1.54, 1.807) is 24.3 Å². The standard InChI is InChI=1S/C11H13NO3S/c13-9-10-3-5-11(6-4-10)12-7-1-2-8-16(12,14)15/h3-6,9H,1-2,7-8H2. The number of rotatable bonds is 2. The number of hydrogen-bond acceptors (Lipinski definition) is 3. The van der Waals surface area contributed by atoms with Crippen molar-refractivity contribution >= 4 is 22.0 Å². The van der Waals surface area contributed by atoms with Gasteiger partial charge in [0.05, 0.1) is 11.4 Å². The maximum atomic E-state index is 11.8. The van der Waals surface area contributed by atoms with Crippen molar-refractivity contribution in [2.75, 3.05) is 16.6 Å². The van der Waals surface area contributed by atoms with E-state index in [1.165, 1.54) is 4.31 Å². The van der Waals surface area contributed by atoms with Gasteiger partial charge in [0.15, 0.2) is 0 Å². The molecular weight excluding hydrogens is 226 g/mol. The second kappa shape index (κ2) is 4.25. The molecule has 0 radical (unpaired) electrons. The molecule has 0 aromatic heterocycles. The van der Waals surface area contributed by atoms with Gasteiger partial charge in [0.2, 0.25) is 10.0 Å². The third kappa shape index (κ3) is 2.09. The predicted octanol–water partition coefficient (Wildman–Crippen LogP) is 1.43. The molecule has 0 spiro atoms. The zero-order chi connectivity index (χ0) is 11.6. The van der Waals surface area contributed by atoms with Crippen molar-refractivity contribution in [3.8, 4) is 0 Å². The van der Waals surface area contributed by atoms with Gasteiger partial charge in [-0.25, -0.2) is 8.42 Å². The summed E-state index contributed by atoms with van der Waals surface area (Å²) in [6.45, 7) is 0.531. The Labute approximate surface area is 94.9 Å². The number of benzene rings is 1. The van der Waals surface area contributed by atoms with E-state index < -0.39 is 10.0 Å². The molecule has 1 aromatic carbocycles. The maximum absolute atomic E-state index is 11.8. The minimum atomic E-state index is -3.15. The van der Waals surface area contributed by atoms with Crippen LogP contribution in [0.1, 0.15) is 23.2 Å². The molecule has 1 heterocycles. The van der Waals surface area contributed by atoms with Crippen LogP contribution in [0.4, 0.5) is 5.69 Å². The summed E-state index contributed by atoms with van der Waals surface area (Å²) in [5, 5.41) is 0. The lowest BCUT2D eigenvalue weighted by molar-refractivity contribution is 0.112. The third-order valence-corrected chi connectivity index (χ3v) is 4.54. The van der Waals surface area contributed by atoms with Crippen LogP contribution < -0.4 is 4.31 Å². The molecule has 86 valence electrons. The number of sulfonamides is 1. The molecule has 1 aromatic rings.